The molecule has 1 N–H and O–H groups in total. The van der Waals surface area contributed by atoms with Crippen LogP contribution in [-0.4, -0.2) is 16.5 Å². The van der Waals surface area contributed by atoms with Crippen LogP contribution < -0.4 is 10.9 Å². The summed E-state index contributed by atoms with van der Waals surface area (Å²) in [5, 5.41) is 2.99. The molecule has 2 rings (SSSR count). The van der Waals surface area contributed by atoms with Gasteiger partial charge < -0.3 is 9.88 Å². The lowest BCUT2D eigenvalue weighted by molar-refractivity contribution is -0.122. The number of carbonyl (C=O) groups is 1. The Kier molecular flexibility index (Phi) is 4.22. The van der Waals surface area contributed by atoms with Gasteiger partial charge in [0.05, 0.1) is 0 Å². The number of pyridine rings is 1. The van der Waals surface area contributed by atoms with E-state index in [1.165, 1.54) is 17.1 Å². The molecule has 0 aromatic carbocycles. The fourth-order valence-corrected chi connectivity index (χ4v) is 2.77. The highest BCUT2D eigenvalue weighted by Crippen LogP contribution is 2.24. The molecule has 1 aromatic rings. The van der Waals surface area contributed by atoms with E-state index in [1.807, 2.05) is 0 Å². The van der Waals surface area contributed by atoms with Gasteiger partial charge in [-0.25, -0.2) is 0 Å². The van der Waals surface area contributed by atoms with Gasteiger partial charge in [-0.05, 0) is 47.2 Å². The Bertz CT molecular complexity index is 498. The van der Waals surface area contributed by atoms with Gasteiger partial charge in [-0.15, -0.1) is 0 Å². The second-order valence-electron chi connectivity index (χ2n) is 5.00. The quantitative estimate of drug-likeness (QED) is 0.927. The maximum atomic E-state index is 11.9. The van der Waals surface area contributed by atoms with Gasteiger partial charge in [0.15, 0.2) is 0 Å². The zero-order chi connectivity index (χ0) is 13.1. The van der Waals surface area contributed by atoms with Gasteiger partial charge in [0.2, 0.25) is 5.91 Å². The number of nitrogens with zero attached hydrogens (tertiary/aromatic N) is 1. The van der Waals surface area contributed by atoms with Crippen LogP contribution in [0.1, 0.15) is 26.2 Å². The number of rotatable bonds is 3. The average Bonchev–Trinajstić information content (AvgIpc) is 2.69. The molecule has 0 saturated heterocycles. The number of nitrogens with one attached hydrogen (secondary N) is 1. The fraction of sp³-hybridized carbons (Fsp3) is 0.538. The predicted molar refractivity (Wildman–Crippen MR) is 73.3 cm³/mol. The Morgan fingerprint density at radius 1 is 1.50 bits per heavy atom. The number of halogens is 1. The lowest BCUT2D eigenvalue weighted by Crippen LogP contribution is -2.37. The maximum Gasteiger partial charge on any atom is 0.251 e. The van der Waals surface area contributed by atoms with E-state index in [1.54, 1.807) is 12.3 Å². The average molecular weight is 313 g/mol. The first-order valence-electron chi connectivity index (χ1n) is 6.20. The Morgan fingerprint density at radius 2 is 2.28 bits per heavy atom. The highest BCUT2D eigenvalue weighted by Gasteiger charge is 2.22. The lowest BCUT2D eigenvalue weighted by atomic mass is 10.1. The van der Waals surface area contributed by atoms with Crippen LogP contribution in [0.5, 0.6) is 0 Å². The van der Waals surface area contributed by atoms with E-state index in [9.17, 15) is 9.59 Å². The smallest absolute Gasteiger partial charge is 0.251 e. The van der Waals surface area contributed by atoms with E-state index in [0.717, 1.165) is 17.3 Å². The van der Waals surface area contributed by atoms with Gasteiger partial charge in [-0.1, -0.05) is 6.92 Å². The molecule has 0 bridgehead atoms. The van der Waals surface area contributed by atoms with Crippen molar-refractivity contribution in [2.75, 3.05) is 0 Å². The first-order valence-corrected chi connectivity index (χ1v) is 6.99. The predicted octanol–water partition coefficient (Wildman–Crippen LogP) is 1.92. The second kappa shape index (κ2) is 5.69. The molecule has 1 aliphatic rings. The van der Waals surface area contributed by atoms with Gasteiger partial charge in [0.25, 0.3) is 5.56 Å². The monoisotopic (exact) mass is 312 g/mol. The van der Waals surface area contributed by atoms with E-state index in [0.29, 0.717) is 5.92 Å². The van der Waals surface area contributed by atoms with E-state index < -0.39 is 0 Å². The van der Waals surface area contributed by atoms with Crippen molar-refractivity contribution in [2.45, 2.75) is 38.8 Å². The summed E-state index contributed by atoms with van der Waals surface area (Å²) in [4.78, 5) is 23.4. The van der Waals surface area contributed by atoms with E-state index in [-0.39, 0.29) is 24.1 Å². The van der Waals surface area contributed by atoms with Crippen LogP contribution in [0.25, 0.3) is 0 Å². The van der Waals surface area contributed by atoms with Crippen LogP contribution in [0.4, 0.5) is 0 Å². The molecule has 1 aromatic heterocycles. The minimum atomic E-state index is -0.159. The standard InChI is InChI=1S/C13H17BrN2O2/c1-9-2-4-11(6-9)15-12(17)8-16-7-10(14)3-5-13(16)18/h3,5,7,9,11H,2,4,6,8H2,1H3,(H,15,17). The van der Waals surface area contributed by atoms with Gasteiger partial charge in [0.1, 0.15) is 6.54 Å². The highest BCUT2D eigenvalue weighted by atomic mass is 79.9. The zero-order valence-electron chi connectivity index (χ0n) is 10.4. The van der Waals surface area contributed by atoms with Crippen molar-refractivity contribution in [1.29, 1.82) is 0 Å². The Morgan fingerprint density at radius 3 is 2.94 bits per heavy atom. The summed E-state index contributed by atoms with van der Waals surface area (Å²) in [6.07, 6.45) is 4.89. The van der Waals surface area contributed by atoms with Crippen LogP contribution in [0, 0.1) is 5.92 Å². The van der Waals surface area contributed by atoms with Gasteiger partial charge in [-0.2, -0.15) is 0 Å². The maximum absolute atomic E-state index is 11.9. The molecule has 0 radical (unpaired) electrons. The molecule has 1 fully saturated rings. The molecule has 2 atom stereocenters. The molecule has 1 amide bonds. The van der Waals surface area contributed by atoms with Crippen LogP contribution >= 0.6 is 15.9 Å². The van der Waals surface area contributed by atoms with Gasteiger partial charge in [-0.3, -0.25) is 9.59 Å². The summed E-state index contributed by atoms with van der Waals surface area (Å²) >= 11 is 3.29. The van der Waals surface area contributed by atoms with E-state index >= 15 is 0 Å². The summed E-state index contributed by atoms with van der Waals surface area (Å²) in [6, 6.07) is 3.40. The molecule has 98 valence electrons. The molecular weight excluding hydrogens is 296 g/mol. The van der Waals surface area contributed by atoms with Crippen LogP contribution in [0.2, 0.25) is 0 Å². The molecule has 0 aliphatic heterocycles. The summed E-state index contributed by atoms with van der Waals surface area (Å²) < 4.78 is 2.21. The fourth-order valence-electron chi connectivity index (χ4n) is 2.39. The molecule has 0 spiro atoms. The van der Waals surface area contributed by atoms with Crippen molar-refractivity contribution in [1.82, 2.24) is 9.88 Å². The number of carbonyl (C=O) groups excluding carboxylic acids is 1. The highest BCUT2D eigenvalue weighted by molar-refractivity contribution is 9.10. The summed E-state index contributed by atoms with van der Waals surface area (Å²) in [7, 11) is 0. The van der Waals surface area contributed by atoms with Crippen molar-refractivity contribution in [2.24, 2.45) is 5.92 Å². The second-order valence-corrected chi connectivity index (χ2v) is 5.91. The van der Waals surface area contributed by atoms with Crippen molar-refractivity contribution in [3.8, 4) is 0 Å². The topological polar surface area (TPSA) is 51.1 Å². The van der Waals surface area contributed by atoms with Crippen LogP contribution in [-0.2, 0) is 11.3 Å². The van der Waals surface area contributed by atoms with Crippen molar-refractivity contribution >= 4 is 21.8 Å². The molecule has 1 aliphatic carbocycles. The lowest BCUT2D eigenvalue weighted by Gasteiger charge is -2.13. The van der Waals surface area contributed by atoms with Crippen LogP contribution in [0.15, 0.2) is 27.6 Å². The Balaban J connectivity index is 1.95. The normalized spacial score (nSPS) is 23.0. The number of hydrogen-bond acceptors (Lipinski definition) is 2. The molecule has 2 unspecified atom stereocenters. The molecule has 5 heteroatoms. The SMILES string of the molecule is CC1CCC(NC(=O)Cn2cc(Br)ccc2=O)C1. The van der Waals surface area contributed by atoms with Gasteiger partial charge >= 0.3 is 0 Å². The third-order valence-corrected chi connectivity index (χ3v) is 3.79. The summed E-state index contributed by atoms with van der Waals surface area (Å²) in [6.45, 7) is 2.29. The zero-order valence-corrected chi connectivity index (χ0v) is 11.9. The Labute approximate surface area is 115 Å². The van der Waals surface area contributed by atoms with Gasteiger partial charge in [0, 0.05) is 22.8 Å². The molecule has 18 heavy (non-hydrogen) atoms. The van der Waals surface area contributed by atoms with Crippen molar-refractivity contribution in [3.05, 3.63) is 33.2 Å². The first kappa shape index (κ1) is 13.3. The first-order chi connectivity index (χ1) is 8.54. The van der Waals surface area contributed by atoms with Crippen molar-refractivity contribution < 1.29 is 4.79 Å². The van der Waals surface area contributed by atoms with Crippen LogP contribution in [0.3, 0.4) is 0 Å². The minimum Gasteiger partial charge on any atom is -0.352 e. The molecule has 1 saturated carbocycles. The van der Waals surface area contributed by atoms with E-state index in [4.69, 9.17) is 0 Å². The summed E-state index contributed by atoms with van der Waals surface area (Å²) in [5.74, 6) is 0.596. The third-order valence-electron chi connectivity index (χ3n) is 3.32. The summed E-state index contributed by atoms with van der Waals surface area (Å²) in [5.41, 5.74) is -0.159. The number of hydrogen-bond donors (Lipinski definition) is 1. The molecule has 1 heterocycles. The van der Waals surface area contributed by atoms with E-state index in [2.05, 4.69) is 28.2 Å². The number of amides is 1. The third kappa shape index (κ3) is 3.45. The molecular formula is C13H17BrN2O2. The minimum absolute atomic E-state index is 0.0865. The largest absolute Gasteiger partial charge is 0.352 e. The Hall–Kier alpha value is -1.10. The van der Waals surface area contributed by atoms with Crippen molar-refractivity contribution in [3.63, 3.8) is 0 Å². The number of aromatic nitrogens is 1. The molecule has 4 nitrogen and oxygen atoms in total.